The van der Waals surface area contributed by atoms with Crippen LogP contribution in [0.15, 0.2) is 41.5 Å². The molecule has 0 spiro atoms. The summed E-state index contributed by atoms with van der Waals surface area (Å²) >= 11 is 5.75. The first-order chi connectivity index (χ1) is 10.5. The second kappa shape index (κ2) is 5.50. The first kappa shape index (κ1) is 14.7. The Kier molecular flexibility index (Phi) is 3.66. The normalized spacial score (nSPS) is 11.3. The molecule has 0 unspecified atom stereocenters. The first-order valence-electron chi connectivity index (χ1n) is 6.80. The fourth-order valence-electron chi connectivity index (χ4n) is 2.42. The van der Waals surface area contributed by atoms with Crippen LogP contribution in [0.5, 0.6) is 0 Å². The van der Waals surface area contributed by atoms with Gasteiger partial charge in [0.1, 0.15) is 5.69 Å². The predicted octanol–water partition coefficient (Wildman–Crippen LogP) is 3.83. The lowest BCUT2D eigenvalue weighted by molar-refractivity contribution is 0.616. The first-order valence-corrected chi connectivity index (χ1v) is 7.18. The lowest BCUT2D eigenvalue weighted by atomic mass is 10.1. The van der Waals surface area contributed by atoms with Crippen molar-refractivity contribution in [1.29, 1.82) is 0 Å². The van der Waals surface area contributed by atoms with Gasteiger partial charge in [-0.15, -0.1) is 0 Å². The lowest BCUT2D eigenvalue weighted by Gasteiger charge is -2.15. The number of aromatic nitrogens is 3. The molecule has 0 amide bonds. The minimum absolute atomic E-state index is 0.0224. The van der Waals surface area contributed by atoms with E-state index in [2.05, 4.69) is 9.97 Å². The van der Waals surface area contributed by atoms with E-state index in [1.165, 1.54) is 6.07 Å². The summed E-state index contributed by atoms with van der Waals surface area (Å²) in [4.78, 5) is 19.5. The summed E-state index contributed by atoms with van der Waals surface area (Å²) in [6.45, 7) is 4.03. The fourth-order valence-corrected chi connectivity index (χ4v) is 2.55. The summed E-state index contributed by atoms with van der Waals surface area (Å²) in [5, 5.41) is 0.561. The zero-order valence-corrected chi connectivity index (χ0v) is 12.8. The van der Waals surface area contributed by atoms with Crippen LogP contribution in [-0.2, 0) is 0 Å². The van der Waals surface area contributed by atoms with Gasteiger partial charge in [0.05, 0.1) is 11.7 Å². The van der Waals surface area contributed by atoms with Gasteiger partial charge in [0.2, 0.25) is 5.28 Å². The van der Waals surface area contributed by atoms with Gasteiger partial charge in [-0.2, -0.15) is 0 Å². The van der Waals surface area contributed by atoms with Crippen LogP contribution in [0.1, 0.15) is 19.9 Å². The molecule has 0 saturated carbocycles. The molecule has 0 aliphatic rings. The zero-order chi connectivity index (χ0) is 15.9. The molecule has 2 aromatic heterocycles. The van der Waals surface area contributed by atoms with E-state index >= 15 is 0 Å². The molecule has 2 heterocycles. The van der Waals surface area contributed by atoms with Crippen molar-refractivity contribution in [2.24, 2.45) is 0 Å². The molecule has 3 rings (SSSR count). The molecule has 3 aromatic rings. The summed E-state index contributed by atoms with van der Waals surface area (Å²) < 4.78 is 15.9. The molecule has 0 aliphatic carbocycles. The molecule has 0 aliphatic heterocycles. The molecule has 0 radical (unpaired) electrons. The Morgan fingerprint density at radius 2 is 2.05 bits per heavy atom. The molecule has 6 heteroatoms. The Morgan fingerprint density at radius 1 is 1.27 bits per heavy atom. The van der Waals surface area contributed by atoms with Crippen LogP contribution in [0.2, 0.25) is 5.28 Å². The van der Waals surface area contributed by atoms with Crippen LogP contribution in [-0.4, -0.2) is 14.5 Å². The van der Waals surface area contributed by atoms with E-state index in [0.29, 0.717) is 10.9 Å². The number of halogens is 2. The number of hydrogen-bond acceptors (Lipinski definition) is 3. The molecule has 112 valence electrons. The van der Waals surface area contributed by atoms with Crippen LogP contribution in [0, 0.1) is 5.82 Å². The van der Waals surface area contributed by atoms with Gasteiger partial charge in [0, 0.05) is 29.3 Å². The van der Waals surface area contributed by atoms with Gasteiger partial charge < -0.3 is 4.57 Å². The van der Waals surface area contributed by atoms with E-state index in [4.69, 9.17) is 11.6 Å². The zero-order valence-electron chi connectivity index (χ0n) is 12.0. The monoisotopic (exact) mass is 317 g/mol. The van der Waals surface area contributed by atoms with E-state index < -0.39 is 5.82 Å². The van der Waals surface area contributed by atoms with Crippen molar-refractivity contribution in [2.75, 3.05) is 0 Å². The van der Waals surface area contributed by atoms with Gasteiger partial charge in [-0.25, -0.2) is 14.4 Å². The molecule has 0 atom stereocenters. The van der Waals surface area contributed by atoms with Gasteiger partial charge in [-0.05, 0) is 37.6 Å². The second-order valence-electron chi connectivity index (χ2n) is 5.25. The van der Waals surface area contributed by atoms with E-state index in [1.54, 1.807) is 24.4 Å². The number of nitrogens with zero attached hydrogens (tertiary/aromatic N) is 3. The van der Waals surface area contributed by atoms with Crippen LogP contribution >= 0.6 is 11.6 Å². The molecular weight excluding hydrogens is 305 g/mol. The highest BCUT2D eigenvalue weighted by Gasteiger charge is 2.12. The second-order valence-corrected chi connectivity index (χ2v) is 5.59. The predicted molar refractivity (Wildman–Crippen MR) is 84.6 cm³/mol. The molecule has 0 bridgehead atoms. The van der Waals surface area contributed by atoms with Crippen molar-refractivity contribution in [3.63, 3.8) is 0 Å². The number of rotatable bonds is 2. The lowest BCUT2D eigenvalue weighted by Crippen LogP contribution is -2.09. The highest BCUT2D eigenvalue weighted by Crippen LogP contribution is 2.25. The number of pyridine rings is 1. The third-order valence-corrected chi connectivity index (χ3v) is 3.65. The van der Waals surface area contributed by atoms with Crippen molar-refractivity contribution in [1.82, 2.24) is 14.5 Å². The summed E-state index contributed by atoms with van der Waals surface area (Å²) in [5.41, 5.74) is 1.33. The van der Waals surface area contributed by atoms with Gasteiger partial charge in [0.25, 0.3) is 0 Å². The maximum atomic E-state index is 13.9. The SMILES string of the molecule is CC(C)n1ccc(=O)c2ccc(-c3nc(Cl)ncc3F)cc21. The Hall–Kier alpha value is -2.27. The van der Waals surface area contributed by atoms with Crippen molar-refractivity contribution in [2.45, 2.75) is 19.9 Å². The van der Waals surface area contributed by atoms with Crippen LogP contribution in [0.25, 0.3) is 22.2 Å². The Morgan fingerprint density at radius 3 is 2.77 bits per heavy atom. The largest absolute Gasteiger partial charge is 0.345 e. The van der Waals surface area contributed by atoms with Gasteiger partial charge in [-0.3, -0.25) is 4.79 Å². The van der Waals surface area contributed by atoms with E-state index in [0.717, 1.165) is 11.7 Å². The topological polar surface area (TPSA) is 47.8 Å². The van der Waals surface area contributed by atoms with Crippen LogP contribution in [0.4, 0.5) is 4.39 Å². The highest BCUT2D eigenvalue weighted by atomic mass is 35.5. The van der Waals surface area contributed by atoms with Gasteiger partial charge in [0.15, 0.2) is 11.2 Å². The maximum absolute atomic E-state index is 13.9. The van der Waals surface area contributed by atoms with Crippen molar-refractivity contribution in [3.05, 3.63) is 58.0 Å². The standard InChI is InChI=1S/C16H13ClFN3O/c1-9(2)21-6-5-14(22)11-4-3-10(7-13(11)21)15-12(18)8-19-16(17)20-15/h3-9H,1-2H3. The number of benzene rings is 1. The molecule has 4 nitrogen and oxygen atoms in total. The Bertz CT molecular complexity index is 921. The van der Waals surface area contributed by atoms with Crippen LogP contribution in [0.3, 0.4) is 0 Å². The summed E-state index contributed by atoms with van der Waals surface area (Å²) in [6, 6.07) is 6.79. The van der Waals surface area contributed by atoms with Crippen molar-refractivity contribution < 1.29 is 4.39 Å². The van der Waals surface area contributed by atoms with E-state index in [-0.39, 0.29) is 22.4 Å². The Balaban J connectivity index is 2.31. The van der Waals surface area contributed by atoms with Gasteiger partial charge in [-0.1, -0.05) is 6.07 Å². The molecular formula is C16H13ClFN3O. The summed E-state index contributed by atoms with van der Waals surface area (Å²) in [6.07, 6.45) is 2.78. The van der Waals surface area contributed by atoms with E-state index in [1.807, 2.05) is 18.4 Å². The van der Waals surface area contributed by atoms with E-state index in [9.17, 15) is 9.18 Å². The minimum Gasteiger partial charge on any atom is -0.345 e. The smallest absolute Gasteiger partial charge is 0.223 e. The molecule has 0 fully saturated rings. The summed E-state index contributed by atoms with van der Waals surface area (Å²) in [5.74, 6) is -0.557. The highest BCUT2D eigenvalue weighted by molar-refractivity contribution is 6.28. The molecule has 0 saturated heterocycles. The average Bonchev–Trinajstić information content (AvgIpc) is 2.49. The summed E-state index contributed by atoms with van der Waals surface area (Å²) in [7, 11) is 0. The van der Waals surface area contributed by atoms with Crippen molar-refractivity contribution in [3.8, 4) is 11.3 Å². The van der Waals surface area contributed by atoms with Gasteiger partial charge >= 0.3 is 0 Å². The average molecular weight is 318 g/mol. The maximum Gasteiger partial charge on any atom is 0.223 e. The van der Waals surface area contributed by atoms with Crippen LogP contribution < -0.4 is 5.43 Å². The Labute approximate surface area is 131 Å². The quantitative estimate of drug-likeness (QED) is 0.675. The molecule has 1 aromatic carbocycles. The molecule has 22 heavy (non-hydrogen) atoms. The molecule has 0 N–H and O–H groups in total. The third-order valence-electron chi connectivity index (χ3n) is 3.47. The van der Waals surface area contributed by atoms with Crippen molar-refractivity contribution >= 4 is 22.5 Å². The fraction of sp³-hybridized carbons (Fsp3) is 0.188. The third kappa shape index (κ3) is 2.48. The minimum atomic E-state index is -0.557. The number of fused-ring (bicyclic) bond motifs is 1. The number of hydrogen-bond donors (Lipinski definition) is 0.